The lowest BCUT2D eigenvalue weighted by Crippen LogP contribution is -2.46. The molecule has 2 aromatic rings. The number of carbonyl (C=O) groups excluding carboxylic acids is 1. The maximum Gasteiger partial charge on any atom is 0.255 e. The number of piperazine rings is 1. The van der Waals surface area contributed by atoms with Crippen LogP contribution >= 0.6 is 0 Å². The highest BCUT2D eigenvalue weighted by Crippen LogP contribution is 2.27. The number of benzene rings is 2. The van der Waals surface area contributed by atoms with E-state index in [0.29, 0.717) is 11.1 Å². The second kappa shape index (κ2) is 8.75. The molecule has 6 nitrogen and oxygen atoms in total. The van der Waals surface area contributed by atoms with Crippen LogP contribution in [0.15, 0.2) is 48.5 Å². The summed E-state index contributed by atoms with van der Waals surface area (Å²) in [5, 5.41) is 3.00. The molecule has 1 aliphatic heterocycles. The molecular formula is C21H27N3O3S. The topological polar surface area (TPSA) is 69.7 Å². The van der Waals surface area contributed by atoms with E-state index in [1.807, 2.05) is 24.3 Å². The zero-order valence-corrected chi connectivity index (χ0v) is 17.2. The Morgan fingerprint density at radius 1 is 1.04 bits per heavy atom. The smallest absolute Gasteiger partial charge is 0.255 e. The fourth-order valence-electron chi connectivity index (χ4n) is 3.46. The number of sulfone groups is 1. The third kappa shape index (κ3) is 5.33. The largest absolute Gasteiger partial charge is 0.367 e. The zero-order valence-electron chi connectivity index (χ0n) is 16.4. The van der Waals surface area contributed by atoms with Crippen LogP contribution in [0, 0.1) is 0 Å². The van der Waals surface area contributed by atoms with Gasteiger partial charge in [0, 0.05) is 38.0 Å². The Bertz CT molecular complexity index is 935. The van der Waals surface area contributed by atoms with Crippen LogP contribution < -0.4 is 10.2 Å². The molecule has 0 unspecified atom stereocenters. The average molecular weight is 402 g/mol. The van der Waals surface area contributed by atoms with Crippen LogP contribution in [-0.2, 0) is 15.6 Å². The monoisotopic (exact) mass is 401 g/mol. The van der Waals surface area contributed by atoms with Gasteiger partial charge in [-0.05, 0) is 36.4 Å². The number of amides is 1. The van der Waals surface area contributed by atoms with Crippen LogP contribution in [0.3, 0.4) is 0 Å². The van der Waals surface area contributed by atoms with Gasteiger partial charge in [-0.2, -0.15) is 0 Å². The van der Waals surface area contributed by atoms with Crippen LogP contribution in [-0.4, -0.2) is 58.2 Å². The van der Waals surface area contributed by atoms with Gasteiger partial charge in [0.05, 0.1) is 17.1 Å². The van der Waals surface area contributed by atoms with Gasteiger partial charge in [-0.3, -0.25) is 4.79 Å². The van der Waals surface area contributed by atoms with E-state index in [-0.39, 0.29) is 11.7 Å². The van der Waals surface area contributed by atoms with Gasteiger partial charge >= 0.3 is 0 Å². The number of para-hydroxylation sites is 2. The van der Waals surface area contributed by atoms with E-state index >= 15 is 0 Å². The minimum atomic E-state index is -3.15. The molecule has 1 N–H and O–H groups in total. The summed E-state index contributed by atoms with van der Waals surface area (Å²) in [6, 6.07) is 14.6. The molecule has 150 valence electrons. The van der Waals surface area contributed by atoms with Gasteiger partial charge in [0.2, 0.25) is 0 Å². The maximum atomic E-state index is 12.8. The number of rotatable bonds is 6. The van der Waals surface area contributed by atoms with Gasteiger partial charge in [0.15, 0.2) is 9.84 Å². The minimum Gasteiger partial charge on any atom is -0.367 e. The first-order valence-corrected chi connectivity index (χ1v) is 11.6. The Balaban J connectivity index is 1.76. The Hall–Kier alpha value is -2.38. The SMILES string of the molecule is CCN1CCN(c2ccccc2NC(=O)c2cccc(CS(C)(=O)=O)c2)CC1. The van der Waals surface area contributed by atoms with E-state index in [4.69, 9.17) is 0 Å². The molecule has 0 radical (unpaired) electrons. The van der Waals surface area contributed by atoms with Gasteiger partial charge in [0.1, 0.15) is 0 Å². The molecule has 1 saturated heterocycles. The van der Waals surface area contributed by atoms with Gasteiger partial charge in [0.25, 0.3) is 5.91 Å². The van der Waals surface area contributed by atoms with Crippen molar-refractivity contribution in [1.82, 2.24) is 4.90 Å². The highest BCUT2D eigenvalue weighted by molar-refractivity contribution is 7.89. The third-order valence-corrected chi connectivity index (χ3v) is 5.79. The molecule has 2 aromatic carbocycles. The normalized spacial score (nSPS) is 15.4. The van der Waals surface area contributed by atoms with Crippen LogP contribution in [0.25, 0.3) is 0 Å². The summed E-state index contributed by atoms with van der Waals surface area (Å²) in [6.07, 6.45) is 1.19. The fraction of sp³-hybridized carbons (Fsp3) is 0.381. The summed E-state index contributed by atoms with van der Waals surface area (Å²) in [7, 11) is -3.15. The van der Waals surface area contributed by atoms with Crippen molar-refractivity contribution in [3.63, 3.8) is 0 Å². The maximum absolute atomic E-state index is 12.8. The molecule has 0 aliphatic carbocycles. The average Bonchev–Trinajstić information content (AvgIpc) is 2.67. The Morgan fingerprint density at radius 3 is 2.43 bits per heavy atom. The zero-order chi connectivity index (χ0) is 20.1. The van der Waals surface area contributed by atoms with Crippen LogP contribution in [0.2, 0.25) is 0 Å². The van der Waals surface area contributed by atoms with Gasteiger partial charge in [-0.1, -0.05) is 31.2 Å². The number of nitrogens with one attached hydrogen (secondary N) is 1. The van der Waals surface area contributed by atoms with Crippen molar-refractivity contribution >= 4 is 27.1 Å². The lowest BCUT2D eigenvalue weighted by molar-refractivity contribution is 0.102. The molecule has 0 spiro atoms. The molecule has 1 amide bonds. The Morgan fingerprint density at radius 2 is 1.75 bits per heavy atom. The molecule has 0 bridgehead atoms. The van der Waals surface area contributed by atoms with E-state index in [2.05, 4.69) is 22.0 Å². The molecule has 0 atom stereocenters. The number of anilines is 2. The summed E-state index contributed by atoms with van der Waals surface area (Å²) in [5.74, 6) is -0.318. The molecule has 7 heteroatoms. The quantitative estimate of drug-likeness (QED) is 0.806. The number of carbonyl (C=O) groups is 1. The van der Waals surface area contributed by atoms with Crippen molar-refractivity contribution in [2.75, 3.05) is 49.2 Å². The fourth-order valence-corrected chi connectivity index (χ4v) is 4.24. The van der Waals surface area contributed by atoms with Crippen molar-refractivity contribution in [1.29, 1.82) is 0 Å². The van der Waals surface area contributed by atoms with E-state index in [9.17, 15) is 13.2 Å². The van der Waals surface area contributed by atoms with E-state index in [1.54, 1.807) is 24.3 Å². The summed E-state index contributed by atoms with van der Waals surface area (Å²) < 4.78 is 23.1. The summed E-state index contributed by atoms with van der Waals surface area (Å²) in [6.45, 7) is 7.07. The Labute approximate surface area is 167 Å². The first kappa shape index (κ1) is 20.4. The minimum absolute atomic E-state index is 0.0770. The van der Waals surface area contributed by atoms with Gasteiger partial charge < -0.3 is 15.1 Å². The lowest BCUT2D eigenvalue weighted by Gasteiger charge is -2.36. The summed E-state index contributed by atoms with van der Waals surface area (Å²) in [5.41, 5.74) is 2.84. The number of hydrogen-bond acceptors (Lipinski definition) is 5. The van der Waals surface area contributed by atoms with Crippen LogP contribution in [0.5, 0.6) is 0 Å². The van der Waals surface area contributed by atoms with E-state index < -0.39 is 9.84 Å². The van der Waals surface area contributed by atoms with Gasteiger partial charge in [-0.15, -0.1) is 0 Å². The molecular weight excluding hydrogens is 374 g/mol. The summed E-state index contributed by atoms with van der Waals surface area (Å²) in [4.78, 5) is 17.5. The van der Waals surface area contributed by atoms with E-state index in [0.717, 1.165) is 44.1 Å². The molecule has 0 aromatic heterocycles. The number of nitrogens with zero attached hydrogens (tertiary/aromatic N) is 2. The van der Waals surface area contributed by atoms with Crippen LogP contribution in [0.1, 0.15) is 22.8 Å². The highest BCUT2D eigenvalue weighted by Gasteiger charge is 2.19. The van der Waals surface area contributed by atoms with Crippen LogP contribution in [0.4, 0.5) is 11.4 Å². The predicted molar refractivity (Wildman–Crippen MR) is 114 cm³/mol. The van der Waals surface area contributed by atoms with Crippen molar-refractivity contribution < 1.29 is 13.2 Å². The lowest BCUT2D eigenvalue weighted by atomic mass is 10.1. The molecule has 1 aliphatic rings. The molecule has 0 saturated carbocycles. The second-order valence-electron chi connectivity index (χ2n) is 7.16. The second-order valence-corrected chi connectivity index (χ2v) is 9.30. The number of likely N-dealkylation sites (N-methyl/N-ethyl adjacent to an activating group) is 1. The molecule has 28 heavy (non-hydrogen) atoms. The third-order valence-electron chi connectivity index (χ3n) is 4.93. The standard InChI is InChI=1S/C21H27N3O3S/c1-3-23-11-13-24(14-12-23)20-10-5-4-9-19(20)22-21(25)18-8-6-7-17(15-18)16-28(2,26)27/h4-10,15H,3,11-14,16H2,1-2H3,(H,22,25). The first-order valence-electron chi connectivity index (χ1n) is 9.50. The Kier molecular flexibility index (Phi) is 6.36. The van der Waals surface area contributed by atoms with Crippen molar-refractivity contribution in [2.45, 2.75) is 12.7 Å². The molecule has 3 rings (SSSR count). The number of hydrogen-bond donors (Lipinski definition) is 1. The van der Waals surface area contributed by atoms with Crippen molar-refractivity contribution in [2.24, 2.45) is 0 Å². The van der Waals surface area contributed by atoms with Crippen molar-refractivity contribution in [3.8, 4) is 0 Å². The molecule has 1 fully saturated rings. The van der Waals surface area contributed by atoms with E-state index in [1.165, 1.54) is 6.26 Å². The summed E-state index contributed by atoms with van der Waals surface area (Å²) >= 11 is 0. The molecule has 1 heterocycles. The first-order chi connectivity index (χ1) is 13.4. The highest BCUT2D eigenvalue weighted by atomic mass is 32.2. The van der Waals surface area contributed by atoms with Gasteiger partial charge in [-0.25, -0.2) is 8.42 Å². The van der Waals surface area contributed by atoms with Crippen molar-refractivity contribution in [3.05, 3.63) is 59.7 Å². The predicted octanol–water partition coefficient (Wildman–Crippen LogP) is 2.63.